The number of carbonyl (C=O) groups is 1. The molecular weight excluding hydrogens is 799 g/mol. The fourth-order valence-electron chi connectivity index (χ4n) is 9.39. The van der Waals surface area contributed by atoms with Gasteiger partial charge in [0.25, 0.3) is 5.91 Å². The molecule has 0 aromatic carbocycles. The number of likely N-dealkylation sites (tertiary alicyclic amines) is 2. The third-order valence-corrected chi connectivity index (χ3v) is 13.6. The largest absolute Gasteiger partial charge is 0.499 e. The molecule has 2 fully saturated rings. The summed E-state index contributed by atoms with van der Waals surface area (Å²) in [6.07, 6.45) is 19.4. The standard InChI is InChI=1S/C51H85N3O9/c1-12-18-45(55)36(5)21-22-44(52-63-33-47(56)54-27-23-41(24-28-54)53-25-15-14-16-26-53)39(8)50(59)40(9)51-46(61-11)20-17-19-34(3)29-37(6)48(57)43(13-2)49(58)38(7)30-35(4)31-42(60-10)32-62-51/h12,17-22,30-31,36-41,43,45-46,48-51,55,57-59H,13-16,23-29,32-33H2,1-11H3. The van der Waals surface area contributed by atoms with Gasteiger partial charge in [-0.3, -0.25) is 4.79 Å². The molecule has 0 aromatic heterocycles. The van der Waals surface area contributed by atoms with Gasteiger partial charge in [-0.25, -0.2) is 0 Å². The van der Waals surface area contributed by atoms with Gasteiger partial charge >= 0.3 is 0 Å². The average Bonchev–Trinajstić information content (AvgIpc) is 3.28. The van der Waals surface area contributed by atoms with Crippen molar-refractivity contribution in [1.82, 2.24) is 9.80 Å². The number of amides is 1. The van der Waals surface area contributed by atoms with Crippen LogP contribution in [0.4, 0.5) is 0 Å². The van der Waals surface area contributed by atoms with E-state index in [4.69, 9.17) is 19.0 Å². The zero-order valence-corrected chi connectivity index (χ0v) is 40.6. The summed E-state index contributed by atoms with van der Waals surface area (Å²) in [6, 6.07) is 0.523. The van der Waals surface area contributed by atoms with Gasteiger partial charge < -0.3 is 49.3 Å². The van der Waals surface area contributed by atoms with Gasteiger partial charge in [0.2, 0.25) is 0 Å². The first-order valence-electron chi connectivity index (χ1n) is 23.7. The normalized spacial score (nSPS) is 29.8. The number of nitrogens with zero attached hydrogens (tertiary/aromatic N) is 3. The maximum atomic E-state index is 13.4. The van der Waals surface area contributed by atoms with Crippen molar-refractivity contribution in [3.05, 3.63) is 71.6 Å². The molecule has 0 spiro atoms. The number of ether oxygens (including phenoxy) is 3. The molecule has 0 aliphatic carbocycles. The average molecular weight is 884 g/mol. The van der Waals surface area contributed by atoms with Gasteiger partial charge in [0.1, 0.15) is 18.5 Å². The number of oxime groups is 1. The van der Waals surface area contributed by atoms with Gasteiger partial charge in [-0.1, -0.05) is 107 Å². The van der Waals surface area contributed by atoms with E-state index in [1.165, 1.54) is 19.3 Å². The number of rotatable bonds is 15. The second-order valence-electron chi connectivity index (χ2n) is 18.6. The van der Waals surface area contributed by atoms with Gasteiger partial charge in [0.15, 0.2) is 6.61 Å². The van der Waals surface area contributed by atoms with Crippen molar-refractivity contribution in [3.8, 4) is 0 Å². The Bertz CT molecular complexity index is 1570. The number of piperidine rings is 2. The molecule has 3 aliphatic rings. The van der Waals surface area contributed by atoms with Gasteiger partial charge in [0.05, 0.1) is 43.3 Å². The van der Waals surface area contributed by atoms with Crippen LogP contribution < -0.4 is 0 Å². The first-order chi connectivity index (χ1) is 30.1. The first kappa shape index (κ1) is 54.2. The summed E-state index contributed by atoms with van der Waals surface area (Å²) in [5.41, 5.74) is 2.36. The lowest BCUT2D eigenvalue weighted by atomic mass is 9.79. The molecule has 12 unspecified atom stereocenters. The fourth-order valence-corrected chi connectivity index (χ4v) is 9.39. The Balaban J connectivity index is 1.91. The molecule has 0 bridgehead atoms. The molecule has 358 valence electrons. The van der Waals surface area contributed by atoms with E-state index in [1.807, 2.05) is 104 Å². The van der Waals surface area contributed by atoms with Gasteiger partial charge in [-0.15, -0.1) is 0 Å². The van der Waals surface area contributed by atoms with Crippen molar-refractivity contribution < 1.29 is 44.3 Å². The number of hydrogen-bond donors (Lipinski definition) is 4. The zero-order valence-electron chi connectivity index (χ0n) is 40.6. The molecule has 12 nitrogen and oxygen atoms in total. The molecule has 0 saturated carbocycles. The second-order valence-corrected chi connectivity index (χ2v) is 18.6. The first-order valence-corrected chi connectivity index (χ1v) is 23.7. The molecule has 3 aliphatic heterocycles. The monoisotopic (exact) mass is 884 g/mol. The molecule has 0 aromatic rings. The van der Waals surface area contributed by atoms with Crippen LogP contribution in [-0.2, 0) is 23.8 Å². The quantitative estimate of drug-likeness (QED) is 0.0744. The van der Waals surface area contributed by atoms with E-state index < -0.39 is 48.5 Å². The van der Waals surface area contributed by atoms with E-state index in [-0.39, 0.29) is 42.8 Å². The molecular formula is C51H85N3O9. The Morgan fingerprint density at radius 2 is 1.68 bits per heavy atom. The lowest BCUT2D eigenvalue weighted by molar-refractivity contribution is -0.137. The maximum Gasteiger partial charge on any atom is 0.263 e. The molecule has 63 heavy (non-hydrogen) atoms. The SMILES string of the molecule is CC=CC(O)C(C)C=CC(=NOCC(=O)N1CCC(N2CCCCC2)CC1)C(C)C(O)C(C)C1OCC(OC)=CC(C)=CC(C)C(O)C(CC)C(O)C(C)CC(C)=CC=CC1OC. The van der Waals surface area contributed by atoms with Crippen molar-refractivity contribution in [3.63, 3.8) is 0 Å². The van der Waals surface area contributed by atoms with Crippen molar-refractivity contribution in [2.24, 2.45) is 40.7 Å². The van der Waals surface area contributed by atoms with E-state index in [2.05, 4.69) is 10.1 Å². The molecule has 0 radical (unpaired) electrons. The third-order valence-electron chi connectivity index (χ3n) is 13.6. The van der Waals surface area contributed by atoms with E-state index in [0.29, 0.717) is 43.4 Å². The summed E-state index contributed by atoms with van der Waals surface area (Å²) in [7, 11) is 3.19. The van der Waals surface area contributed by atoms with Crippen LogP contribution in [0.2, 0.25) is 0 Å². The van der Waals surface area contributed by atoms with Crippen LogP contribution in [-0.4, -0.2) is 138 Å². The highest BCUT2D eigenvalue weighted by molar-refractivity contribution is 5.96. The minimum atomic E-state index is -1.02. The summed E-state index contributed by atoms with van der Waals surface area (Å²) < 4.78 is 18.5. The number of carbonyl (C=O) groups excluding carboxylic acids is 1. The van der Waals surface area contributed by atoms with Crippen molar-refractivity contribution >= 4 is 11.6 Å². The number of allylic oxidation sites excluding steroid dienone is 7. The smallest absolute Gasteiger partial charge is 0.263 e. The summed E-state index contributed by atoms with van der Waals surface area (Å²) >= 11 is 0. The summed E-state index contributed by atoms with van der Waals surface area (Å²) in [5, 5.41) is 50.1. The molecule has 3 rings (SSSR count). The minimum absolute atomic E-state index is 0.0762. The summed E-state index contributed by atoms with van der Waals surface area (Å²) in [6.45, 7) is 21.0. The number of aliphatic hydroxyl groups is 4. The molecule has 2 saturated heterocycles. The van der Waals surface area contributed by atoms with Crippen LogP contribution in [0.5, 0.6) is 0 Å². The van der Waals surface area contributed by atoms with Gasteiger partial charge in [0, 0.05) is 55.8 Å². The lowest BCUT2D eigenvalue weighted by Gasteiger charge is -2.40. The van der Waals surface area contributed by atoms with Crippen LogP contribution >= 0.6 is 0 Å². The predicted molar refractivity (Wildman–Crippen MR) is 253 cm³/mol. The van der Waals surface area contributed by atoms with E-state index in [0.717, 1.165) is 37.1 Å². The Labute approximate surface area is 380 Å². The predicted octanol–water partition coefficient (Wildman–Crippen LogP) is 7.40. The van der Waals surface area contributed by atoms with Crippen LogP contribution in [0.1, 0.15) is 107 Å². The highest BCUT2D eigenvalue weighted by atomic mass is 16.6. The van der Waals surface area contributed by atoms with Crippen LogP contribution in [0.15, 0.2) is 76.7 Å². The Hall–Kier alpha value is -3.10. The second kappa shape index (κ2) is 28.1. The molecule has 12 atom stereocenters. The Morgan fingerprint density at radius 3 is 2.30 bits per heavy atom. The minimum Gasteiger partial charge on any atom is -0.499 e. The van der Waals surface area contributed by atoms with Gasteiger partial charge in [-0.05, 0) is 90.5 Å². The zero-order chi connectivity index (χ0) is 46.6. The van der Waals surface area contributed by atoms with Crippen molar-refractivity contribution in [1.29, 1.82) is 0 Å². The number of aliphatic hydroxyl groups excluding tert-OH is 4. The number of methoxy groups -OCH3 is 2. The highest BCUT2D eigenvalue weighted by Gasteiger charge is 2.36. The molecule has 12 heteroatoms. The van der Waals surface area contributed by atoms with Crippen LogP contribution in [0.25, 0.3) is 0 Å². The summed E-state index contributed by atoms with van der Waals surface area (Å²) in [5.74, 6) is -1.54. The van der Waals surface area contributed by atoms with Crippen molar-refractivity contribution in [2.45, 2.75) is 150 Å². The fraction of sp³-hybridized carbons (Fsp3) is 0.725. The lowest BCUT2D eigenvalue weighted by Crippen LogP contribution is -2.48. The molecule has 4 N–H and O–H groups in total. The van der Waals surface area contributed by atoms with Crippen molar-refractivity contribution in [2.75, 3.05) is 53.6 Å². The maximum absolute atomic E-state index is 13.4. The topological polar surface area (TPSA) is 154 Å². The highest BCUT2D eigenvalue weighted by Crippen LogP contribution is 2.30. The molecule has 1 amide bonds. The molecule has 3 heterocycles. The Morgan fingerprint density at radius 1 is 1.00 bits per heavy atom. The third kappa shape index (κ3) is 17.0. The summed E-state index contributed by atoms with van der Waals surface area (Å²) in [4.78, 5) is 23.6. The van der Waals surface area contributed by atoms with Gasteiger partial charge in [-0.2, -0.15) is 0 Å². The number of hydrogen-bond acceptors (Lipinski definition) is 11. The van der Waals surface area contributed by atoms with Crippen LogP contribution in [0, 0.1) is 35.5 Å². The Kier molecular flexibility index (Phi) is 24.1. The van der Waals surface area contributed by atoms with E-state index in [9.17, 15) is 25.2 Å². The van der Waals surface area contributed by atoms with E-state index in [1.54, 1.807) is 32.4 Å². The van der Waals surface area contributed by atoms with E-state index >= 15 is 0 Å². The van der Waals surface area contributed by atoms with Crippen LogP contribution in [0.3, 0.4) is 0 Å².